The Balaban J connectivity index is 2.17. The quantitative estimate of drug-likeness (QED) is 0.802. The molecule has 0 fully saturated rings. The third-order valence-corrected chi connectivity index (χ3v) is 5.92. The van der Waals surface area contributed by atoms with Gasteiger partial charge in [0.15, 0.2) is 5.13 Å². The molecule has 0 atom stereocenters. The highest BCUT2D eigenvalue weighted by atomic mass is 32.2. The van der Waals surface area contributed by atoms with Crippen LogP contribution < -0.4 is 4.72 Å². The maximum Gasteiger partial charge on any atom is 0.328 e. The number of carboxylic acids is 1. The van der Waals surface area contributed by atoms with Crippen LogP contribution in [0.4, 0.5) is 5.13 Å². The Morgan fingerprint density at radius 1 is 1.43 bits per heavy atom. The van der Waals surface area contributed by atoms with Gasteiger partial charge in [-0.2, -0.15) is 5.26 Å². The van der Waals surface area contributed by atoms with Crippen molar-refractivity contribution in [2.45, 2.75) is 4.21 Å². The summed E-state index contributed by atoms with van der Waals surface area (Å²) in [5.41, 5.74) is 0. The molecule has 0 aliphatic carbocycles. The summed E-state index contributed by atoms with van der Waals surface area (Å²) in [4.78, 5) is 15.0. The third kappa shape index (κ3) is 3.88. The van der Waals surface area contributed by atoms with Gasteiger partial charge >= 0.3 is 5.97 Å². The van der Waals surface area contributed by atoms with E-state index in [0.717, 1.165) is 28.7 Å². The van der Waals surface area contributed by atoms with Crippen molar-refractivity contribution >= 4 is 49.9 Å². The highest BCUT2D eigenvalue weighted by Crippen LogP contribution is 2.26. The molecule has 0 saturated heterocycles. The first kappa shape index (κ1) is 15.2. The molecule has 0 saturated carbocycles. The molecule has 0 radical (unpaired) electrons. The van der Waals surface area contributed by atoms with E-state index in [0.29, 0.717) is 9.75 Å². The van der Waals surface area contributed by atoms with Gasteiger partial charge in [-0.25, -0.2) is 18.2 Å². The van der Waals surface area contributed by atoms with Crippen molar-refractivity contribution in [2.75, 3.05) is 4.72 Å². The van der Waals surface area contributed by atoms with E-state index in [1.165, 1.54) is 24.4 Å². The molecule has 0 aliphatic rings. The van der Waals surface area contributed by atoms with E-state index < -0.39 is 16.0 Å². The Hall–Kier alpha value is -2.22. The van der Waals surface area contributed by atoms with Crippen molar-refractivity contribution in [1.29, 1.82) is 5.26 Å². The molecular weight excluding hydrogens is 334 g/mol. The topological polar surface area (TPSA) is 120 Å². The maximum absolute atomic E-state index is 12.1. The summed E-state index contributed by atoms with van der Waals surface area (Å²) in [5, 5.41) is 17.3. The summed E-state index contributed by atoms with van der Waals surface area (Å²) in [6, 6.07) is 4.62. The minimum absolute atomic E-state index is 0.0110. The highest BCUT2D eigenvalue weighted by molar-refractivity contribution is 7.94. The van der Waals surface area contributed by atoms with Crippen LogP contribution in [0.2, 0.25) is 0 Å². The number of rotatable bonds is 5. The van der Waals surface area contributed by atoms with E-state index in [4.69, 9.17) is 10.4 Å². The van der Waals surface area contributed by atoms with Crippen LogP contribution in [0.25, 0.3) is 6.08 Å². The fraction of sp³-hybridized carbons (Fsp3) is 0. The number of hydrogen-bond acceptors (Lipinski definition) is 7. The molecular formula is C11H7N3O4S3. The summed E-state index contributed by atoms with van der Waals surface area (Å²) in [5.74, 6) is -1.10. The van der Waals surface area contributed by atoms with Crippen LogP contribution in [-0.2, 0) is 14.8 Å². The zero-order chi connectivity index (χ0) is 15.5. The third-order valence-electron chi connectivity index (χ3n) is 2.09. The first-order valence-electron chi connectivity index (χ1n) is 5.30. The second-order valence-electron chi connectivity index (χ2n) is 3.58. The van der Waals surface area contributed by atoms with Crippen molar-refractivity contribution in [2.24, 2.45) is 0 Å². The first-order valence-corrected chi connectivity index (χ1v) is 8.42. The Morgan fingerprint density at radius 2 is 2.19 bits per heavy atom. The molecule has 0 amide bonds. The number of aromatic nitrogens is 1. The van der Waals surface area contributed by atoms with Crippen molar-refractivity contribution < 1.29 is 18.3 Å². The number of thiazole rings is 1. The molecule has 2 aromatic heterocycles. The Kier molecular flexibility index (Phi) is 4.37. The Bertz CT molecular complexity index is 842. The standard InChI is InChI=1S/C11H7N3O4S3/c12-5-7-2-4-10(19-7)21(17,18)14-11-13-6-8(20-11)1-3-9(15)16/h1-4,6H,(H,13,14)(H,15,16)/b3-1+. The first-order chi connectivity index (χ1) is 9.90. The molecule has 2 aromatic rings. The molecule has 21 heavy (non-hydrogen) atoms. The molecule has 0 aromatic carbocycles. The van der Waals surface area contributed by atoms with E-state index >= 15 is 0 Å². The molecule has 7 nitrogen and oxygen atoms in total. The molecule has 2 rings (SSSR count). The van der Waals surface area contributed by atoms with Crippen molar-refractivity contribution in [3.8, 4) is 6.07 Å². The van der Waals surface area contributed by atoms with Gasteiger partial charge in [0.05, 0.1) is 0 Å². The van der Waals surface area contributed by atoms with E-state index in [9.17, 15) is 13.2 Å². The van der Waals surface area contributed by atoms with Crippen molar-refractivity contribution in [3.05, 3.63) is 34.2 Å². The summed E-state index contributed by atoms with van der Waals surface area (Å²) in [6.07, 6.45) is 3.61. The molecule has 2 N–H and O–H groups in total. The average Bonchev–Trinajstić information content (AvgIpc) is 3.04. The fourth-order valence-corrected chi connectivity index (χ4v) is 4.32. The van der Waals surface area contributed by atoms with Crippen LogP contribution in [0.15, 0.2) is 28.6 Å². The van der Waals surface area contributed by atoms with Gasteiger partial charge in [-0.1, -0.05) is 11.3 Å². The molecule has 2 heterocycles. The lowest BCUT2D eigenvalue weighted by molar-refractivity contribution is -0.131. The summed E-state index contributed by atoms with van der Waals surface area (Å²) in [7, 11) is -3.80. The normalized spacial score (nSPS) is 11.4. The highest BCUT2D eigenvalue weighted by Gasteiger charge is 2.18. The maximum atomic E-state index is 12.1. The number of nitrogens with zero attached hydrogens (tertiary/aromatic N) is 2. The van der Waals surface area contributed by atoms with Gasteiger partial charge in [0.1, 0.15) is 15.2 Å². The van der Waals surface area contributed by atoms with Crippen molar-refractivity contribution in [1.82, 2.24) is 4.98 Å². The number of aliphatic carboxylic acids is 1. The largest absolute Gasteiger partial charge is 0.478 e. The van der Waals surface area contributed by atoms with Gasteiger partial charge in [0.25, 0.3) is 10.0 Å². The van der Waals surface area contributed by atoms with Crippen LogP contribution >= 0.6 is 22.7 Å². The number of thiophene rings is 1. The Morgan fingerprint density at radius 3 is 2.81 bits per heavy atom. The van der Waals surface area contributed by atoms with Gasteiger partial charge < -0.3 is 5.11 Å². The zero-order valence-electron chi connectivity index (χ0n) is 10.2. The van der Waals surface area contributed by atoms with E-state index in [-0.39, 0.29) is 9.34 Å². The fourth-order valence-electron chi connectivity index (χ4n) is 1.25. The smallest absolute Gasteiger partial charge is 0.328 e. The minimum atomic E-state index is -3.80. The molecule has 108 valence electrons. The van der Waals surface area contributed by atoms with Gasteiger partial charge in [-0.05, 0) is 18.2 Å². The average molecular weight is 341 g/mol. The van der Waals surface area contributed by atoms with Crippen LogP contribution in [0.3, 0.4) is 0 Å². The van der Waals surface area contributed by atoms with E-state index in [1.807, 2.05) is 6.07 Å². The van der Waals surface area contributed by atoms with E-state index in [1.54, 1.807) is 0 Å². The summed E-state index contributed by atoms with van der Waals surface area (Å²) >= 11 is 1.85. The zero-order valence-corrected chi connectivity index (χ0v) is 12.6. The lowest BCUT2D eigenvalue weighted by atomic mass is 10.4. The van der Waals surface area contributed by atoms with Gasteiger partial charge in [0, 0.05) is 17.2 Å². The molecule has 0 aliphatic heterocycles. The predicted molar refractivity (Wildman–Crippen MR) is 78.6 cm³/mol. The summed E-state index contributed by atoms with van der Waals surface area (Å²) in [6.45, 7) is 0. The van der Waals surface area contributed by atoms with Gasteiger partial charge in [0.2, 0.25) is 0 Å². The SMILES string of the molecule is N#Cc1ccc(S(=O)(=O)Nc2ncc(/C=C/C(=O)O)s2)s1. The van der Waals surface area contributed by atoms with Crippen LogP contribution in [0.1, 0.15) is 9.75 Å². The van der Waals surface area contributed by atoms with Crippen LogP contribution in [-0.4, -0.2) is 24.5 Å². The second-order valence-corrected chi connectivity index (χ2v) is 7.63. The number of anilines is 1. The molecule has 0 spiro atoms. The number of nitriles is 1. The number of nitrogens with one attached hydrogen (secondary N) is 1. The predicted octanol–water partition coefficient (Wildman–Crippen LogP) is 1.97. The lowest BCUT2D eigenvalue weighted by Gasteiger charge is -2.01. The Labute approximate surface area is 127 Å². The lowest BCUT2D eigenvalue weighted by Crippen LogP contribution is -2.10. The van der Waals surface area contributed by atoms with Crippen molar-refractivity contribution in [3.63, 3.8) is 0 Å². The van der Waals surface area contributed by atoms with Gasteiger partial charge in [-0.3, -0.25) is 4.72 Å². The van der Waals surface area contributed by atoms with Crippen LogP contribution in [0.5, 0.6) is 0 Å². The summed E-state index contributed by atoms with van der Waals surface area (Å²) < 4.78 is 26.4. The molecule has 10 heteroatoms. The van der Waals surface area contributed by atoms with Gasteiger partial charge in [-0.15, -0.1) is 11.3 Å². The second kappa shape index (κ2) is 6.04. The number of carbonyl (C=O) groups is 1. The number of hydrogen-bond donors (Lipinski definition) is 2. The minimum Gasteiger partial charge on any atom is -0.478 e. The van der Waals surface area contributed by atoms with E-state index in [2.05, 4.69) is 9.71 Å². The number of carboxylic acid groups (broad SMARTS) is 1. The monoisotopic (exact) mass is 341 g/mol. The number of sulfonamides is 1. The van der Waals surface area contributed by atoms with Crippen LogP contribution in [0, 0.1) is 11.3 Å². The molecule has 0 bridgehead atoms. The molecule has 0 unspecified atom stereocenters.